The first-order chi connectivity index (χ1) is 10.7. The number of hydrogen-bond donors (Lipinski definition) is 0. The highest BCUT2D eigenvalue weighted by molar-refractivity contribution is 6.32. The predicted octanol–water partition coefficient (Wildman–Crippen LogP) is 4.55. The molecule has 3 nitrogen and oxygen atoms in total. The van der Waals surface area contributed by atoms with Crippen molar-refractivity contribution in [2.75, 3.05) is 6.61 Å². The van der Waals surface area contributed by atoms with E-state index in [0.29, 0.717) is 23.9 Å². The maximum Gasteiger partial charge on any atom is 0.137 e. The van der Waals surface area contributed by atoms with Gasteiger partial charge in [0.05, 0.1) is 17.1 Å². The summed E-state index contributed by atoms with van der Waals surface area (Å²) in [5.74, 6) is 0.679. The lowest BCUT2D eigenvalue weighted by Crippen LogP contribution is -2.09. The topological polar surface area (TPSA) is 38.0 Å². The normalized spacial score (nSPS) is 10.6. The number of aromatic nitrogens is 1. The Hall–Kier alpha value is -2.44. The van der Waals surface area contributed by atoms with Crippen LogP contribution in [0.4, 0.5) is 0 Å². The van der Waals surface area contributed by atoms with Gasteiger partial charge >= 0.3 is 0 Å². The third-order valence-electron chi connectivity index (χ3n) is 3.75. The van der Waals surface area contributed by atoms with E-state index in [4.69, 9.17) is 16.3 Å². The molecule has 22 heavy (non-hydrogen) atoms. The summed E-state index contributed by atoms with van der Waals surface area (Å²) in [4.78, 5) is 0. The van der Waals surface area contributed by atoms with Crippen LogP contribution in [0.25, 0.3) is 10.9 Å². The molecule has 0 radical (unpaired) electrons. The summed E-state index contributed by atoms with van der Waals surface area (Å²) in [6.07, 6.45) is 0. The summed E-state index contributed by atoms with van der Waals surface area (Å²) in [5.41, 5.74) is 2.75. The molecule has 0 saturated carbocycles. The highest BCUT2D eigenvalue weighted by atomic mass is 35.5. The number of fused-ring (bicyclic) bond motifs is 1. The van der Waals surface area contributed by atoms with Crippen molar-refractivity contribution in [3.8, 4) is 11.8 Å². The first-order valence-electron chi connectivity index (χ1n) is 7.07. The van der Waals surface area contributed by atoms with Crippen molar-refractivity contribution in [1.29, 1.82) is 5.26 Å². The van der Waals surface area contributed by atoms with Crippen LogP contribution in [-0.2, 0) is 6.54 Å². The number of rotatable bonds is 4. The van der Waals surface area contributed by atoms with Gasteiger partial charge < -0.3 is 9.30 Å². The molecular weight excluding hydrogens is 296 g/mol. The number of benzene rings is 2. The fourth-order valence-corrected chi connectivity index (χ4v) is 2.86. The summed E-state index contributed by atoms with van der Waals surface area (Å²) in [6.45, 7) is 3.13. The van der Waals surface area contributed by atoms with Crippen molar-refractivity contribution >= 4 is 22.5 Å². The SMILES string of the molecule is Cc1c(C#N)c2ccccc2n1CCOc1ccccc1Cl. The minimum Gasteiger partial charge on any atom is -0.490 e. The molecule has 0 aliphatic carbocycles. The molecule has 4 heteroatoms. The highest BCUT2D eigenvalue weighted by Crippen LogP contribution is 2.26. The molecule has 0 bridgehead atoms. The van der Waals surface area contributed by atoms with Crippen LogP contribution >= 0.6 is 11.6 Å². The second-order valence-corrected chi connectivity index (χ2v) is 5.43. The van der Waals surface area contributed by atoms with E-state index in [1.54, 1.807) is 6.07 Å². The summed E-state index contributed by atoms with van der Waals surface area (Å²) in [7, 11) is 0. The summed E-state index contributed by atoms with van der Waals surface area (Å²) < 4.78 is 7.87. The van der Waals surface area contributed by atoms with E-state index in [2.05, 4.69) is 10.6 Å². The van der Waals surface area contributed by atoms with Crippen molar-refractivity contribution in [2.24, 2.45) is 0 Å². The first-order valence-corrected chi connectivity index (χ1v) is 7.45. The molecule has 3 rings (SSSR count). The largest absolute Gasteiger partial charge is 0.490 e. The maximum absolute atomic E-state index is 9.36. The van der Waals surface area contributed by atoms with Gasteiger partial charge in [0.2, 0.25) is 0 Å². The number of para-hydroxylation sites is 2. The molecule has 0 N–H and O–H groups in total. The molecular formula is C18H15ClN2O. The van der Waals surface area contributed by atoms with E-state index in [9.17, 15) is 5.26 Å². The fraction of sp³-hybridized carbons (Fsp3) is 0.167. The highest BCUT2D eigenvalue weighted by Gasteiger charge is 2.13. The average Bonchev–Trinajstić information content (AvgIpc) is 2.81. The molecule has 110 valence electrons. The quantitative estimate of drug-likeness (QED) is 0.709. The van der Waals surface area contributed by atoms with Crippen molar-refractivity contribution in [2.45, 2.75) is 13.5 Å². The number of hydrogen-bond acceptors (Lipinski definition) is 2. The van der Waals surface area contributed by atoms with Crippen LogP contribution in [0.15, 0.2) is 48.5 Å². The molecule has 1 heterocycles. The molecule has 0 saturated heterocycles. The van der Waals surface area contributed by atoms with Crippen LogP contribution in [0.1, 0.15) is 11.3 Å². The van der Waals surface area contributed by atoms with Crippen LogP contribution in [-0.4, -0.2) is 11.2 Å². The Bertz CT molecular complexity index is 861. The Labute approximate surface area is 134 Å². The minimum absolute atomic E-state index is 0.494. The Morgan fingerprint density at radius 3 is 2.64 bits per heavy atom. The fourth-order valence-electron chi connectivity index (χ4n) is 2.67. The zero-order valence-electron chi connectivity index (χ0n) is 12.2. The Kier molecular flexibility index (Phi) is 4.04. The lowest BCUT2D eigenvalue weighted by Gasteiger charge is -2.11. The number of ether oxygens (including phenoxy) is 1. The van der Waals surface area contributed by atoms with Crippen molar-refractivity contribution in [3.05, 3.63) is 64.8 Å². The monoisotopic (exact) mass is 310 g/mol. The molecule has 3 aromatic rings. The average molecular weight is 311 g/mol. The predicted molar refractivity (Wildman–Crippen MR) is 88.3 cm³/mol. The van der Waals surface area contributed by atoms with E-state index >= 15 is 0 Å². The summed E-state index contributed by atoms with van der Waals surface area (Å²) in [5, 5.41) is 10.9. The van der Waals surface area contributed by atoms with Crippen LogP contribution in [0.3, 0.4) is 0 Å². The van der Waals surface area contributed by atoms with E-state index in [0.717, 1.165) is 22.2 Å². The smallest absolute Gasteiger partial charge is 0.137 e. The zero-order chi connectivity index (χ0) is 15.5. The van der Waals surface area contributed by atoms with E-state index < -0.39 is 0 Å². The molecule has 2 aromatic carbocycles. The van der Waals surface area contributed by atoms with Gasteiger partial charge in [0.1, 0.15) is 18.4 Å². The van der Waals surface area contributed by atoms with Gasteiger partial charge in [0.15, 0.2) is 0 Å². The van der Waals surface area contributed by atoms with Gasteiger partial charge in [-0.25, -0.2) is 0 Å². The van der Waals surface area contributed by atoms with Crippen LogP contribution < -0.4 is 4.74 Å². The van der Waals surface area contributed by atoms with E-state index in [-0.39, 0.29) is 0 Å². The molecule has 1 aromatic heterocycles. The molecule has 0 fully saturated rings. The Morgan fingerprint density at radius 1 is 1.14 bits per heavy atom. The van der Waals surface area contributed by atoms with Gasteiger partial charge in [-0.2, -0.15) is 5.26 Å². The standard InChI is InChI=1S/C18H15ClN2O/c1-13-15(12-20)14-6-2-4-8-17(14)21(13)10-11-22-18-9-5-3-7-16(18)19/h2-9H,10-11H2,1H3. The van der Waals surface area contributed by atoms with Gasteiger partial charge in [-0.05, 0) is 25.1 Å². The molecule has 0 aliphatic heterocycles. The number of halogens is 1. The molecule has 0 aliphatic rings. The first kappa shape index (κ1) is 14.5. The molecule has 0 spiro atoms. The van der Waals surface area contributed by atoms with Crippen LogP contribution in [0.5, 0.6) is 5.75 Å². The van der Waals surface area contributed by atoms with Gasteiger partial charge in [0.25, 0.3) is 0 Å². The minimum atomic E-state index is 0.494. The Morgan fingerprint density at radius 2 is 1.86 bits per heavy atom. The second-order valence-electron chi connectivity index (χ2n) is 5.02. The lowest BCUT2D eigenvalue weighted by atomic mass is 10.1. The molecule has 0 amide bonds. The number of nitriles is 1. The lowest BCUT2D eigenvalue weighted by molar-refractivity contribution is 0.299. The molecule has 0 unspecified atom stereocenters. The van der Waals surface area contributed by atoms with Gasteiger partial charge in [-0.15, -0.1) is 0 Å². The molecule has 0 atom stereocenters. The second kappa shape index (κ2) is 6.13. The van der Waals surface area contributed by atoms with Crippen molar-refractivity contribution in [3.63, 3.8) is 0 Å². The van der Waals surface area contributed by atoms with Gasteiger partial charge in [0, 0.05) is 16.6 Å². The van der Waals surface area contributed by atoms with Gasteiger partial charge in [-0.1, -0.05) is 41.9 Å². The van der Waals surface area contributed by atoms with Gasteiger partial charge in [-0.3, -0.25) is 0 Å². The van der Waals surface area contributed by atoms with Crippen LogP contribution in [0.2, 0.25) is 5.02 Å². The number of nitrogens with zero attached hydrogens (tertiary/aromatic N) is 2. The third kappa shape index (κ3) is 2.54. The maximum atomic E-state index is 9.36. The van der Waals surface area contributed by atoms with Crippen molar-refractivity contribution < 1.29 is 4.74 Å². The third-order valence-corrected chi connectivity index (χ3v) is 4.06. The zero-order valence-corrected chi connectivity index (χ0v) is 13.0. The van der Waals surface area contributed by atoms with Crippen molar-refractivity contribution in [1.82, 2.24) is 4.57 Å². The summed E-state index contributed by atoms with van der Waals surface area (Å²) >= 11 is 6.08. The van der Waals surface area contributed by atoms with E-state index in [1.807, 2.05) is 49.4 Å². The van der Waals surface area contributed by atoms with E-state index in [1.165, 1.54) is 0 Å². The van der Waals surface area contributed by atoms with Crippen LogP contribution in [0, 0.1) is 18.3 Å². The Balaban J connectivity index is 1.84. The summed E-state index contributed by atoms with van der Waals surface area (Å²) in [6, 6.07) is 17.7.